The minimum absolute atomic E-state index is 0.133. The van der Waals surface area contributed by atoms with Crippen molar-refractivity contribution in [1.29, 1.82) is 0 Å². The van der Waals surface area contributed by atoms with Gasteiger partial charge >= 0.3 is 0 Å². The number of anilines is 2. The lowest BCUT2D eigenvalue weighted by Crippen LogP contribution is -2.18. The molecule has 0 aliphatic heterocycles. The van der Waals surface area contributed by atoms with Crippen molar-refractivity contribution in [2.75, 3.05) is 17.7 Å². The van der Waals surface area contributed by atoms with E-state index in [1.54, 1.807) is 24.6 Å². The number of nitrogens with one attached hydrogen (secondary N) is 3. The molecule has 11 heteroatoms. The van der Waals surface area contributed by atoms with Gasteiger partial charge in [0, 0.05) is 37.2 Å². The molecule has 0 unspecified atom stereocenters. The van der Waals surface area contributed by atoms with Gasteiger partial charge < -0.3 is 15.1 Å². The standard InChI is InChI=1S/C18H17N5O5S/c1-10(24)20-8-12-4-6-16(28-12)15-9-29-18(21-15)22-17(25)13-7-11(23(26)27)3-5-14(13)19-2/h3-7,9,19H,8H2,1-2H3,(H,20,24)(H,21,22,25). The fourth-order valence-corrected chi connectivity index (χ4v) is 3.18. The lowest BCUT2D eigenvalue weighted by atomic mass is 10.1. The lowest BCUT2D eigenvalue weighted by Gasteiger charge is -2.08. The second-order valence-electron chi connectivity index (χ2n) is 5.90. The van der Waals surface area contributed by atoms with E-state index in [1.807, 2.05) is 0 Å². The highest BCUT2D eigenvalue weighted by Crippen LogP contribution is 2.28. The number of rotatable bonds is 7. The zero-order chi connectivity index (χ0) is 21.0. The Kier molecular flexibility index (Phi) is 5.88. The summed E-state index contributed by atoms with van der Waals surface area (Å²) in [5, 5.41) is 21.1. The Hall–Kier alpha value is -3.73. The molecule has 0 saturated carbocycles. The van der Waals surface area contributed by atoms with Crippen LogP contribution in [-0.2, 0) is 11.3 Å². The van der Waals surface area contributed by atoms with E-state index in [1.165, 1.54) is 36.5 Å². The van der Waals surface area contributed by atoms with Crippen molar-refractivity contribution >= 4 is 39.7 Å². The van der Waals surface area contributed by atoms with E-state index in [9.17, 15) is 19.7 Å². The summed E-state index contributed by atoms with van der Waals surface area (Å²) in [5.74, 6) is 0.380. The predicted octanol–water partition coefficient (Wildman–Crippen LogP) is 3.24. The average Bonchev–Trinajstić information content (AvgIpc) is 3.35. The lowest BCUT2D eigenvalue weighted by molar-refractivity contribution is -0.384. The number of carbonyl (C=O) groups is 2. The zero-order valence-electron chi connectivity index (χ0n) is 15.5. The summed E-state index contributed by atoms with van der Waals surface area (Å²) >= 11 is 1.19. The van der Waals surface area contributed by atoms with E-state index in [4.69, 9.17) is 4.42 Å². The first-order valence-electron chi connectivity index (χ1n) is 8.44. The molecular weight excluding hydrogens is 398 g/mol. The number of nitrogens with zero attached hydrogens (tertiary/aromatic N) is 2. The van der Waals surface area contributed by atoms with Gasteiger partial charge in [-0.1, -0.05) is 0 Å². The van der Waals surface area contributed by atoms with Crippen molar-refractivity contribution in [3.05, 3.63) is 57.1 Å². The van der Waals surface area contributed by atoms with Gasteiger partial charge in [0.15, 0.2) is 10.9 Å². The first-order valence-corrected chi connectivity index (χ1v) is 9.32. The Balaban J connectivity index is 1.75. The molecule has 0 fully saturated rings. The van der Waals surface area contributed by atoms with Gasteiger partial charge in [-0.3, -0.25) is 25.0 Å². The van der Waals surface area contributed by atoms with Crippen LogP contribution in [0.3, 0.4) is 0 Å². The summed E-state index contributed by atoms with van der Waals surface area (Å²) < 4.78 is 5.63. The van der Waals surface area contributed by atoms with E-state index in [0.717, 1.165) is 0 Å². The third-order valence-electron chi connectivity index (χ3n) is 3.88. The van der Waals surface area contributed by atoms with Crippen LogP contribution in [0.4, 0.5) is 16.5 Å². The van der Waals surface area contributed by atoms with Crippen molar-refractivity contribution < 1.29 is 18.9 Å². The van der Waals surface area contributed by atoms with Crippen molar-refractivity contribution in [3.8, 4) is 11.5 Å². The van der Waals surface area contributed by atoms with Crippen LogP contribution >= 0.6 is 11.3 Å². The van der Waals surface area contributed by atoms with Crippen molar-refractivity contribution in [2.24, 2.45) is 0 Å². The summed E-state index contributed by atoms with van der Waals surface area (Å²) in [6, 6.07) is 7.44. The zero-order valence-corrected chi connectivity index (χ0v) is 16.3. The van der Waals surface area contributed by atoms with Gasteiger partial charge in [0.05, 0.1) is 17.0 Å². The normalized spacial score (nSPS) is 10.4. The van der Waals surface area contributed by atoms with Gasteiger partial charge in [0.2, 0.25) is 5.91 Å². The van der Waals surface area contributed by atoms with E-state index in [0.29, 0.717) is 28.0 Å². The Labute approximate surface area is 169 Å². The van der Waals surface area contributed by atoms with Crippen molar-refractivity contribution in [1.82, 2.24) is 10.3 Å². The smallest absolute Gasteiger partial charge is 0.270 e. The van der Waals surface area contributed by atoms with E-state index in [-0.39, 0.29) is 23.7 Å². The molecule has 150 valence electrons. The van der Waals surface area contributed by atoms with Crippen LogP contribution in [0, 0.1) is 10.1 Å². The SMILES string of the molecule is CNc1ccc([N+](=O)[O-])cc1C(=O)Nc1nc(-c2ccc(CNC(C)=O)o2)cs1. The molecule has 1 aromatic carbocycles. The fourth-order valence-electron chi connectivity index (χ4n) is 2.48. The molecule has 0 saturated heterocycles. The molecule has 3 rings (SSSR count). The minimum Gasteiger partial charge on any atom is -0.458 e. The molecule has 2 aromatic heterocycles. The molecule has 2 amide bonds. The first kappa shape index (κ1) is 20.0. The fraction of sp³-hybridized carbons (Fsp3) is 0.167. The number of furan rings is 1. The van der Waals surface area contributed by atoms with Gasteiger partial charge in [0.25, 0.3) is 11.6 Å². The number of amides is 2. The molecule has 29 heavy (non-hydrogen) atoms. The summed E-state index contributed by atoms with van der Waals surface area (Å²) in [7, 11) is 1.62. The number of nitro benzene ring substituents is 1. The van der Waals surface area contributed by atoms with Gasteiger partial charge in [-0.25, -0.2) is 4.98 Å². The largest absolute Gasteiger partial charge is 0.458 e. The van der Waals surface area contributed by atoms with Gasteiger partial charge in [-0.15, -0.1) is 11.3 Å². The molecule has 0 spiro atoms. The first-order chi connectivity index (χ1) is 13.9. The number of non-ortho nitro benzene ring substituents is 1. The van der Waals surface area contributed by atoms with Crippen molar-refractivity contribution in [2.45, 2.75) is 13.5 Å². The number of aromatic nitrogens is 1. The molecule has 0 atom stereocenters. The summed E-state index contributed by atoms with van der Waals surface area (Å²) in [5.41, 5.74) is 0.927. The third-order valence-corrected chi connectivity index (χ3v) is 4.64. The van der Waals surface area contributed by atoms with Crippen LogP contribution in [0.15, 0.2) is 40.1 Å². The van der Waals surface area contributed by atoms with Crippen LogP contribution in [0.25, 0.3) is 11.5 Å². The van der Waals surface area contributed by atoms with Crippen LogP contribution in [0.2, 0.25) is 0 Å². The maximum atomic E-state index is 12.6. The molecule has 10 nitrogen and oxygen atoms in total. The average molecular weight is 415 g/mol. The highest BCUT2D eigenvalue weighted by atomic mass is 32.1. The number of hydrogen-bond acceptors (Lipinski definition) is 8. The molecule has 0 aliphatic rings. The minimum atomic E-state index is -0.562. The molecule has 3 aromatic rings. The quantitative estimate of drug-likeness (QED) is 0.397. The Morgan fingerprint density at radius 1 is 1.28 bits per heavy atom. The molecule has 0 aliphatic carbocycles. The second-order valence-corrected chi connectivity index (χ2v) is 6.76. The molecule has 3 N–H and O–H groups in total. The Morgan fingerprint density at radius 2 is 2.07 bits per heavy atom. The number of hydrogen-bond donors (Lipinski definition) is 3. The maximum Gasteiger partial charge on any atom is 0.270 e. The topological polar surface area (TPSA) is 139 Å². The third kappa shape index (κ3) is 4.76. The number of benzene rings is 1. The van der Waals surface area contributed by atoms with Gasteiger partial charge in [-0.2, -0.15) is 0 Å². The van der Waals surface area contributed by atoms with Crippen molar-refractivity contribution in [3.63, 3.8) is 0 Å². The monoisotopic (exact) mass is 415 g/mol. The van der Waals surface area contributed by atoms with Crippen LogP contribution in [-0.4, -0.2) is 28.8 Å². The van der Waals surface area contributed by atoms with E-state index < -0.39 is 10.8 Å². The Morgan fingerprint density at radius 3 is 2.76 bits per heavy atom. The number of nitro groups is 1. The summed E-state index contributed by atoms with van der Waals surface area (Å²) in [6.07, 6.45) is 0. The van der Waals surface area contributed by atoms with Crippen LogP contribution < -0.4 is 16.0 Å². The predicted molar refractivity (Wildman–Crippen MR) is 108 cm³/mol. The van der Waals surface area contributed by atoms with Crippen LogP contribution in [0.5, 0.6) is 0 Å². The van der Waals surface area contributed by atoms with Gasteiger partial charge in [0.1, 0.15) is 11.5 Å². The summed E-state index contributed by atoms with van der Waals surface area (Å²) in [6.45, 7) is 1.68. The summed E-state index contributed by atoms with van der Waals surface area (Å²) in [4.78, 5) is 38.3. The molecule has 0 radical (unpaired) electrons. The van der Waals surface area contributed by atoms with E-state index >= 15 is 0 Å². The molecule has 2 heterocycles. The molecular formula is C18H17N5O5S. The highest BCUT2D eigenvalue weighted by molar-refractivity contribution is 7.14. The van der Waals surface area contributed by atoms with Gasteiger partial charge in [-0.05, 0) is 18.2 Å². The Bertz CT molecular complexity index is 1070. The molecule has 0 bridgehead atoms. The highest BCUT2D eigenvalue weighted by Gasteiger charge is 2.18. The van der Waals surface area contributed by atoms with Crippen LogP contribution in [0.1, 0.15) is 23.0 Å². The van der Waals surface area contributed by atoms with E-state index in [2.05, 4.69) is 20.9 Å². The maximum absolute atomic E-state index is 12.6. The number of thiazole rings is 1. The number of carbonyl (C=O) groups excluding carboxylic acids is 2. The second kappa shape index (κ2) is 8.52.